The first kappa shape index (κ1) is 37.1. The molecule has 0 unspecified atom stereocenters. The molecule has 0 heterocycles. The maximum atomic E-state index is 12.3. The van der Waals surface area contributed by atoms with Crippen LogP contribution in [0.15, 0.2) is 0 Å². The lowest BCUT2D eigenvalue weighted by Crippen LogP contribution is -2.45. The van der Waals surface area contributed by atoms with E-state index in [2.05, 4.69) is 21.3 Å². The summed E-state index contributed by atoms with van der Waals surface area (Å²) in [6, 6.07) is -1.97. The molecule has 0 saturated heterocycles. The fourth-order valence-electron chi connectivity index (χ4n) is 2.57. The number of alkyl carbamates (subject to hydrolysis) is 2. The van der Waals surface area contributed by atoms with E-state index in [-0.39, 0.29) is 37.4 Å². The molecule has 16 heteroatoms. The normalized spacial score (nSPS) is 12.7. The Balaban J connectivity index is 4.65. The number of carbonyl (C=O) groups is 6. The van der Waals surface area contributed by atoms with Crippen LogP contribution in [0, 0.1) is 0 Å². The van der Waals surface area contributed by atoms with Crippen molar-refractivity contribution in [1.82, 2.24) is 21.3 Å². The first-order chi connectivity index (χ1) is 18.5. The van der Waals surface area contributed by atoms with Gasteiger partial charge in [0.25, 0.3) is 0 Å². The Kier molecular flexibility index (Phi) is 17.1. The van der Waals surface area contributed by atoms with Crippen LogP contribution in [0.1, 0.15) is 54.4 Å². The molecule has 0 rings (SSSR count). The van der Waals surface area contributed by atoms with Crippen LogP contribution in [0.3, 0.4) is 0 Å². The van der Waals surface area contributed by atoms with Crippen LogP contribution >= 0.6 is 21.6 Å². The van der Waals surface area contributed by atoms with E-state index in [0.29, 0.717) is 0 Å². The van der Waals surface area contributed by atoms with E-state index in [4.69, 9.17) is 18.9 Å². The summed E-state index contributed by atoms with van der Waals surface area (Å²) in [4.78, 5) is 72.1. The van der Waals surface area contributed by atoms with Crippen molar-refractivity contribution in [3.63, 3.8) is 0 Å². The van der Waals surface area contributed by atoms with Crippen LogP contribution in [0.2, 0.25) is 0 Å². The van der Waals surface area contributed by atoms with Gasteiger partial charge in [-0.2, -0.15) is 0 Å². The number of nitrogens with one attached hydrogen (secondary N) is 4. The molecule has 0 aromatic rings. The molecule has 0 aliphatic rings. The number of ether oxygens (including phenoxy) is 4. The fraction of sp³-hybridized carbons (Fsp3) is 0.750. The molecule has 0 saturated carbocycles. The second-order valence-corrected chi connectivity index (χ2v) is 12.8. The van der Waals surface area contributed by atoms with E-state index in [0.717, 1.165) is 0 Å². The van der Waals surface area contributed by atoms with Crippen molar-refractivity contribution >= 4 is 57.5 Å². The Morgan fingerprint density at radius 1 is 0.625 bits per heavy atom. The third-order valence-electron chi connectivity index (χ3n) is 4.24. The monoisotopic (exact) mass is 610 g/mol. The summed E-state index contributed by atoms with van der Waals surface area (Å²) in [5, 5.41) is 10.0. The standard InChI is InChI=1S/C24H42N4O10S2/c1-23(2,3)37-21(33)25-11-9-17(29)27-15(19(31)35-7)13-39-40-14-16(20(32)36-8)28-18(30)10-12-26-22(34)38-24(4,5)6/h15-16H,9-14H2,1-8H3,(H,25,33)(H,26,34)(H,27,29)(H,28,30)/t15-,16-/m0/s1. The van der Waals surface area contributed by atoms with Gasteiger partial charge in [-0.1, -0.05) is 21.6 Å². The van der Waals surface area contributed by atoms with E-state index in [1.807, 2.05) is 0 Å². The fourth-order valence-corrected chi connectivity index (χ4v) is 4.87. The predicted octanol–water partition coefficient (Wildman–Crippen LogP) is 1.51. The van der Waals surface area contributed by atoms with Crippen molar-refractivity contribution in [2.75, 3.05) is 38.8 Å². The Bertz CT molecular complexity index is 805. The number of methoxy groups -OCH3 is 2. The number of amides is 4. The van der Waals surface area contributed by atoms with Gasteiger partial charge in [-0.15, -0.1) is 0 Å². The van der Waals surface area contributed by atoms with Gasteiger partial charge in [0.1, 0.15) is 23.3 Å². The highest BCUT2D eigenvalue weighted by Gasteiger charge is 2.25. The molecular formula is C24H42N4O10S2. The quantitative estimate of drug-likeness (QED) is 0.0907. The van der Waals surface area contributed by atoms with E-state index in [9.17, 15) is 28.8 Å². The van der Waals surface area contributed by atoms with Gasteiger partial charge in [0.15, 0.2) is 0 Å². The molecule has 0 aliphatic carbocycles. The molecule has 0 aliphatic heterocycles. The van der Waals surface area contributed by atoms with Crippen molar-refractivity contribution in [3.8, 4) is 0 Å². The second kappa shape index (κ2) is 18.5. The minimum Gasteiger partial charge on any atom is -0.467 e. The molecule has 40 heavy (non-hydrogen) atoms. The van der Waals surface area contributed by atoms with E-state index >= 15 is 0 Å². The van der Waals surface area contributed by atoms with Gasteiger partial charge in [-0.3, -0.25) is 9.59 Å². The van der Waals surface area contributed by atoms with Crippen LogP contribution in [0.4, 0.5) is 9.59 Å². The molecule has 0 fully saturated rings. The molecular weight excluding hydrogens is 568 g/mol. The van der Waals surface area contributed by atoms with Crippen molar-refractivity contribution < 1.29 is 47.7 Å². The summed E-state index contributed by atoms with van der Waals surface area (Å²) >= 11 is 0. The summed E-state index contributed by atoms with van der Waals surface area (Å²) < 4.78 is 19.7. The molecule has 0 radical (unpaired) electrons. The first-order valence-corrected chi connectivity index (χ1v) is 14.9. The van der Waals surface area contributed by atoms with Gasteiger partial charge >= 0.3 is 24.1 Å². The van der Waals surface area contributed by atoms with Crippen molar-refractivity contribution in [3.05, 3.63) is 0 Å². The van der Waals surface area contributed by atoms with Gasteiger partial charge < -0.3 is 40.2 Å². The maximum absolute atomic E-state index is 12.3. The second-order valence-electron chi connectivity index (χ2n) is 10.2. The Morgan fingerprint density at radius 3 is 1.23 bits per heavy atom. The zero-order valence-corrected chi connectivity index (χ0v) is 25.9. The summed E-state index contributed by atoms with van der Waals surface area (Å²) in [5.41, 5.74) is -1.35. The lowest BCUT2D eigenvalue weighted by Gasteiger charge is -2.20. The summed E-state index contributed by atoms with van der Waals surface area (Å²) in [6.07, 6.45) is -1.51. The molecule has 14 nitrogen and oxygen atoms in total. The van der Waals surface area contributed by atoms with Crippen LogP contribution < -0.4 is 21.3 Å². The highest BCUT2D eigenvalue weighted by atomic mass is 33.1. The SMILES string of the molecule is COC(=O)[C@H](CSSC[C@H](NC(=O)CCNC(=O)OC(C)(C)C)C(=O)OC)NC(=O)CCNC(=O)OC(C)(C)C. The highest BCUT2D eigenvalue weighted by molar-refractivity contribution is 8.76. The molecule has 0 bridgehead atoms. The largest absolute Gasteiger partial charge is 0.467 e. The Labute approximate surface area is 242 Å². The minimum absolute atomic E-state index is 0.00430. The molecule has 4 N–H and O–H groups in total. The van der Waals surface area contributed by atoms with Gasteiger partial charge in [-0.05, 0) is 41.5 Å². The lowest BCUT2D eigenvalue weighted by atomic mass is 10.2. The number of carbonyl (C=O) groups excluding carboxylic acids is 6. The molecule has 230 valence electrons. The van der Waals surface area contributed by atoms with Gasteiger partial charge in [-0.25, -0.2) is 19.2 Å². The van der Waals surface area contributed by atoms with Crippen molar-refractivity contribution in [1.29, 1.82) is 0 Å². The number of hydrogen-bond acceptors (Lipinski definition) is 12. The summed E-state index contributed by atoms with van der Waals surface area (Å²) in [6.45, 7) is 10.3. The van der Waals surface area contributed by atoms with Gasteiger partial charge in [0.2, 0.25) is 11.8 Å². The molecule has 0 aromatic heterocycles. The number of esters is 2. The van der Waals surface area contributed by atoms with Crippen molar-refractivity contribution in [2.24, 2.45) is 0 Å². The third-order valence-corrected chi connectivity index (χ3v) is 6.66. The smallest absolute Gasteiger partial charge is 0.407 e. The molecule has 0 spiro atoms. The first-order valence-electron chi connectivity index (χ1n) is 12.4. The molecule has 2 atom stereocenters. The zero-order valence-electron chi connectivity index (χ0n) is 24.3. The highest BCUT2D eigenvalue weighted by Crippen LogP contribution is 2.23. The van der Waals surface area contributed by atoms with Crippen LogP contribution in [0.5, 0.6) is 0 Å². The van der Waals surface area contributed by atoms with Gasteiger partial charge in [0.05, 0.1) is 14.2 Å². The minimum atomic E-state index is -0.985. The van der Waals surface area contributed by atoms with Crippen LogP contribution in [-0.4, -0.2) is 98.0 Å². The third kappa shape index (κ3) is 19.2. The van der Waals surface area contributed by atoms with Crippen LogP contribution in [0.25, 0.3) is 0 Å². The van der Waals surface area contributed by atoms with Crippen LogP contribution in [-0.2, 0) is 38.1 Å². The number of hydrogen-bond donors (Lipinski definition) is 4. The van der Waals surface area contributed by atoms with E-state index < -0.39 is 59.2 Å². The van der Waals surface area contributed by atoms with Crippen molar-refractivity contribution in [2.45, 2.75) is 77.7 Å². The Morgan fingerprint density at radius 2 is 0.950 bits per heavy atom. The Hall–Kier alpha value is -2.88. The average molecular weight is 611 g/mol. The average Bonchev–Trinajstić information content (AvgIpc) is 2.81. The van der Waals surface area contributed by atoms with E-state index in [1.165, 1.54) is 35.8 Å². The summed E-state index contributed by atoms with van der Waals surface area (Å²) in [5.74, 6) is -2.11. The topological polar surface area (TPSA) is 187 Å². The van der Waals surface area contributed by atoms with Gasteiger partial charge in [0, 0.05) is 37.4 Å². The molecule has 4 amide bonds. The number of rotatable bonds is 15. The molecule has 0 aromatic carbocycles. The zero-order chi connectivity index (χ0) is 30.9. The van der Waals surface area contributed by atoms with E-state index in [1.54, 1.807) is 41.5 Å². The lowest BCUT2D eigenvalue weighted by molar-refractivity contribution is -0.144. The maximum Gasteiger partial charge on any atom is 0.407 e. The predicted molar refractivity (Wildman–Crippen MR) is 151 cm³/mol. The summed E-state index contributed by atoms with van der Waals surface area (Å²) in [7, 11) is 4.71.